The molecule has 0 aliphatic heterocycles. The number of rotatable bonds is 10. The van der Waals surface area contributed by atoms with Crippen molar-refractivity contribution in [3.63, 3.8) is 0 Å². The second kappa shape index (κ2) is 11.2. The van der Waals surface area contributed by atoms with Crippen LogP contribution >= 0.6 is 12.6 Å². The average molecular weight is 308 g/mol. The molecular weight excluding hydrogens is 284 g/mol. The third kappa shape index (κ3) is 9.13. The Morgan fingerprint density at radius 1 is 0.905 bits per heavy atom. The number of para-hydroxylation sites is 1. The molecule has 0 atom stereocenters. The van der Waals surface area contributed by atoms with Crippen molar-refractivity contribution in [2.24, 2.45) is 0 Å². The van der Waals surface area contributed by atoms with Gasteiger partial charge in [0.05, 0.1) is 0 Å². The number of benzene rings is 1. The van der Waals surface area contributed by atoms with Gasteiger partial charge in [-0.3, -0.25) is 9.59 Å². The minimum Gasteiger partial charge on any atom is -0.355 e. The Morgan fingerprint density at radius 2 is 1.52 bits per heavy atom. The summed E-state index contributed by atoms with van der Waals surface area (Å²) in [5.74, 6) is 0.807. The summed E-state index contributed by atoms with van der Waals surface area (Å²) in [5.41, 5.74) is 0.836. The number of thiol groups is 1. The van der Waals surface area contributed by atoms with Gasteiger partial charge in [0.1, 0.15) is 0 Å². The Hall–Kier alpha value is -1.49. The van der Waals surface area contributed by atoms with E-state index in [4.69, 9.17) is 0 Å². The molecule has 1 aromatic rings. The third-order valence-electron chi connectivity index (χ3n) is 3.05. The molecule has 2 N–H and O–H groups in total. The average Bonchev–Trinajstić information content (AvgIpc) is 2.49. The van der Waals surface area contributed by atoms with E-state index >= 15 is 0 Å². The van der Waals surface area contributed by atoms with Gasteiger partial charge in [0.2, 0.25) is 11.8 Å². The number of carbonyl (C=O) groups excluding carboxylic acids is 2. The smallest absolute Gasteiger partial charge is 0.224 e. The number of carbonyl (C=O) groups is 2. The summed E-state index contributed by atoms with van der Waals surface area (Å²) in [5, 5.41) is 5.65. The number of nitrogens with one attached hydrogen (secondary N) is 2. The number of hydrogen-bond acceptors (Lipinski definition) is 3. The van der Waals surface area contributed by atoms with Crippen LogP contribution in [0, 0.1) is 0 Å². The summed E-state index contributed by atoms with van der Waals surface area (Å²) in [7, 11) is 0. The van der Waals surface area contributed by atoms with Crippen molar-refractivity contribution in [1.29, 1.82) is 0 Å². The molecule has 0 aliphatic carbocycles. The van der Waals surface area contributed by atoms with Crippen LogP contribution in [0.25, 0.3) is 0 Å². The molecule has 0 spiro atoms. The predicted molar refractivity (Wildman–Crippen MR) is 89.6 cm³/mol. The van der Waals surface area contributed by atoms with Gasteiger partial charge in [-0.1, -0.05) is 31.0 Å². The van der Waals surface area contributed by atoms with Crippen molar-refractivity contribution in [1.82, 2.24) is 5.32 Å². The SMILES string of the molecule is O=C(CCCCCCC(=O)Nc1ccccc1)NCCS. The van der Waals surface area contributed by atoms with E-state index in [1.165, 1.54) is 0 Å². The molecule has 0 unspecified atom stereocenters. The largest absolute Gasteiger partial charge is 0.355 e. The van der Waals surface area contributed by atoms with Crippen LogP contribution in [0.3, 0.4) is 0 Å². The fraction of sp³-hybridized carbons (Fsp3) is 0.500. The molecule has 4 nitrogen and oxygen atoms in total. The Balaban J connectivity index is 1.99. The zero-order chi connectivity index (χ0) is 15.3. The molecule has 0 aromatic heterocycles. The number of unbranched alkanes of at least 4 members (excludes halogenated alkanes) is 3. The Morgan fingerprint density at radius 3 is 2.14 bits per heavy atom. The van der Waals surface area contributed by atoms with Gasteiger partial charge in [-0.2, -0.15) is 12.6 Å². The van der Waals surface area contributed by atoms with Crippen LogP contribution in [0.1, 0.15) is 38.5 Å². The molecule has 2 amide bonds. The van der Waals surface area contributed by atoms with Gasteiger partial charge in [0.25, 0.3) is 0 Å². The van der Waals surface area contributed by atoms with Crippen LogP contribution in [0.2, 0.25) is 0 Å². The summed E-state index contributed by atoms with van der Waals surface area (Å²) < 4.78 is 0. The highest BCUT2D eigenvalue weighted by molar-refractivity contribution is 7.80. The minimum absolute atomic E-state index is 0.0488. The molecule has 116 valence electrons. The number of hydrogen-bond donors (Lipinski definition) is 3. The van der Waals surface area contributed by atoms with E-state index in [2.05, 4.69) is 23.3 Å². The van der Waals surface area contributed by atoms with Crippen LogP contribution in [0.15, 0.2) is 30.3 Å². The van der Waals surface area contributed by atoms with Gasteiger partial charge in [0, 0.05) is 30.8 Å². The van der Waals surface area contributed by atoms with Crippen LogP contribution in [0.5, 0.6) is 0 Å². The van der Waals surface area contributed by atoms with Gasteiger partial charge < -0.3 is 10.6 Å². The Bertz CT molecular complexity index is 424. The Labute approximate surface area is 132 Å². The lowest BCUT2D eigenvalue weighted by atomic mass is 10.1. The fourth-order valence-electron chi connectivity index (χ4n) is 1.95. The van der Waals surface area contributed by atoms with E-state index in [0.29, 0.717) is 25.1 Å². The molecule has 21 heavy (non-hydrogen) atoms. The monoisotopic (exact) mass is 308 g/mol. The molecule has 0 fully saturated rings. The third-order valence-corrected chi connectivity index (χ3v) is 3.27. The molecule has 1 rings (SSSR count). The van der Waals surface area contributed by atoms with Gasteiger partial charge in [-0.05, 0) is 25.0 Å². The van der Waals surface area contributed by atoms with E-state index in [1.54, 1.807) is 0 Å². The summed E-state index contributed by atoms with van der Waals surface area (Å²) in [6, 6.07) is 9.47. The highest BCUT2D eigenvalue weighted by atomic mass is 32.1. The predicted octanol–water partition coefficient (Wildman–Crippen LogP) is 3.01. The van der Waals surface area contributed by atoms with Crippen LogP contribution in [-0.4, -0.2) is 24.1 Å². The summed E-state index contributed by atoms with van der Waals surface area (Å²) in [6.07, 6.45) is 4.77. The first-order chi connectivity index (χ1) is 10.2. The maximum absolute atomic E-state index is 11.7. The maximum atomic E-state index is 11.7. The molecule has 0 saturated heterocycles. The van der Waals surface area contributed by atoms with Gasteiger partial charge in [-0.15, -0.1) is 0 Å². The number of anilines is 1. The standard InChI is InChI=1S/C16H24N2O2S/c19-15(17-12-13-21)10-6-1-2-7-11-16(20)18-14-8-4-3-5-9-14/h3-5,8-9,21H,1-2,6-7,10-13H2,(H,17,19)(H,18,20). The van der Waals surface area contributed by atoms with Gasteiger partial charge in [0.15, 0.2) is 0 Å². The quantitative estimate of drug-likeness (QED) is 0.460. The highest BCUT2D eigenvalue weighted by Crippen LogP contribution is 2.09. The van der Waals surface area contributed by atoms with Crippen molar-refractivity contribution >= 4 is 30.1 Å². The first-order valence-electron chi connectivity index (χ1n) is 7.45. The van der Waals surface area contributed by atoms with Gasteiger partial charge in [-0.25, -0.2) is 0 Å². The van der Waals surface area contributed by atoms with E-state index in [0.717, 1.165) is 31.4 Å². The normalized spacial score (nSPS) is 10.1. The molecule has 1 aromatic carbocycles. The second-order valence-electron chi connectivity index (χ2n) is 4.90. The molecule has 0 heterocycles. The van der Waals surface area contributed by atoms with E-state index < -0.39 is 0 Å². The first kappa shape index (κ1) is 17.6. The molecule has 0 saturated carbocycles. The van der Waals surface area contributed by atoms with Crippen LogP contribution in [-0.2, 0) is 9.59 Å². The summed E-state index contributed by atoms with van der Waals surface area (Å²) >= 11 is 4.03. The lowest BCUT2D eigenvalue weighted by Gasteiger charge is -2.05. The molecule has 0 bridgehead atoms. The molecule has 0 radical (unpaired) electrons. The minimum atomic E-state index is 0.0488. The fourth-order valence-corrected chi connectivity index (χ4v) is 2.07. The Kier molecular flexibility index (Phi) is 9.37. The lowest BCUT2D eigenvalue weighted by Crippen LogP contribution is -2.24. The van der Waals surface area contributed by atoms with Crippen molar-refractivity contribution in [3.8, 4) is 0 Å². The summed E-state index contributed by atoms with van der Waals surface area (Å²) in [4.78, 5) is 23.0. The van der Waals surface area contributed by atoms with Crippen LogP contribution < -0.4 is 10.6 Å². The van der Waals surface area contributed by atoms with Crippen LogP contribution in [0.4, 0.5) is 5.69 Å². The van der Waals surface area contributed by atoms with E-state index in [-0.39, 0.29) is 11.8 Å². The topological polar surface area (TPSA) is 58.2 Å². The first-order valence-corrected chi connectivity index (χ1v) is 8.08. The highest BCUT2D eigenvalue weighted by Gasteiger charge is 2.03. The second-order valence-corrected chi connectivity index (χ2v) is 5.35. The van der Waals surface area contributed by atoms with Crippen molar-refractivity contribution in [2.75, 3.05) is 17.6 Å². The molecule has 0 aliphatic rings. The zero-order valence-electron chi connectivity index (χ0n) is 12.3. The van der Waals surface area contributed by atoms with Crippen molar-refractivity contribution in [2.45, 2.75) is 38.5 Å². The number of amides is 2. The van der Waals surface area contributed by atoms with Gasteiger partial charge >= 0.3 is 0 Å². The summed E-state index contributed by atoms with van der Waals surface area (Å²) in [6.45, 7) is 0.627. The van der Waals surface area contributed by atoms with E-state index in [1.807, 2.05) is 30.3 Å². The van der Waals surface area contributed by atoms with E-state index in [9.17, 15) is 9.59 Å². The van der Waals surface area contributed by atoms with Crippen molar-refractivity contribution in [3.05, 3.63) is 30.3 Å². The zero-order valence-corrected chi connectivity index (χ0v) is 13.2. The lowest BCUT2D eigenvalue weighted by molar-refractivity contribution is -0.121. The maximum Gasteiger partial charge on any atom is 0.224 e. The van der Waals surface area contributed by atoms with Crippen molar-refractivity contribution < 1.29 is 9.59 Å². The molecular formula is C16H24N2O2S. The molecule has 5 heteroatoms.